The van der Waals surface area contributed by atoms with Gasteiger partial charge < -0.3 is 29.3 Å². The topological polar surface area (TPSA) is 195 Å². The lowest BCUT2D eigenvalue weighted by Gasteiger charge is -2.20. The zero-order chi connectivity index (χ0) is 45.1. The van der Waals surface area contributed by atoms with E-state index in [4.69, 9.17) is 23.8 Å². The summed E-state index contributed by atoms with van der Waals surface area (Å²) in [7, 11) is -9.71. The van der Waals surface area contributed by atoms with E-state index in [1.165, 1.54) is 38.5 Å². The van der Waals surface area contributed by atoms with E-state index < -0.39 is 66.2 Å². The number of hydrogen-bond donors (Lipinski definition) is 4. The minimum Gasteiger partial charge on any atom is -0.462 e. The van der Waals surface area contributed by atoms with Crippen molar-refractivity contribution in [1.29, 1.82) is 0 Å². The van der Waals surface area contributed by atoms with Crippen LogP contribution in [0, 0.1) is 0 Å². The summed E-state index contributed by atoms with van der Waals surface area (Å²) < 4.78 is 47.7. The van der Waals surface area contributed by atoms with Crippen LogP contribution in [-0.2, 0) is 41.8 Å². The van der Waals surface area contributed by atoms with E-state index in [0.29, 0.717) is 19.3 Å². The average Bonchev–Trinajstić information content (AvgIpc) is 3.22. The predicted octanol–water partition coefficient (Wildman–Crippen LogP) is 11.6. The molecule has 0 aliphatic rings. The van der Waals surface area contributed by atoms with Crippen molar-refractivity contribution in [3.63, 3.8) is 0 Å². The number of aliphatic hydroxyl groups is 1. The molecule has 0 fully saturated rings. The fourth-order valence-corrected chi connectivity index (χ4v) is 6.58. The summed E-state index contributed by atoms with van der Waals surface area (Å²) in [6.45, 7) is 1.54. The van der Waals surface area contributed by atoms with Crippen LogP contribution >= 0.6 is 15.6 Å². The number of phosphoric ester groups is 2. The number of allylic oxidation sites excluding steroid dienone is 14. The van der Waals surface area contributed by atoms with Crippen LogP contribution in [-0.4, -0.2) is 70.4 Å². The van der Waals surface area contributed by atoms with Crippen molar-refractivity contribution in [1.82, 2.24) is 0 Å². The molecular weight excluding hydrogens is 822 g/mol. The Bertz CT molecular complexity index is 1400. The van der Waals surface area contributed by atoms with E-state index in [1.807, 2.05) is 18.2 Å². The minimum absolute atomic E-state index is 0.000573. The fraction of sp³-hybridized carbons (Fsp3) is 0.652. The lowest BCUT2D eigenvalue weighted by atomic mass is 10.1. The van der Waals surface area contributed by atoms with Gasteiger partial charge in [0.05, 0.1) is 19.8 Å². The first kappa shape index (κ1) is 58.3. The average molecular weight is 901 g/mol. The van der Waals surface area contributed by atoms with Gasteiger partial charge >= 0.3 is 27.6 Å². The van der Waals surface area contributed by atoms with Crippen LogP contribution in [0.1, 0.15) is 155 Å². The van der Waals surface area contributed by atoms with Gasteiger partial charge in [-0.2, -0.15) is 0 Å². The van der Waals surface area contributed by atoms with Crippen molar-refractivity contribution in [2.24, 2.45) is 0 Å². The molecule has 61 heavy (non-hydrogen) atoms. The third-order valence-electron chi connectivity index (χ3n) is 8.77. The first-order valence-electron chi connectivity index (χ1n) is 22.3. The monoisotopic (exact) mass is 900 g/mol. The highest BCUT2D eigenvalue weighted by atomic mass is 31.2. The quantitative estimate of drug-likeness (QED) is 0.0196. The van der Waals surface area contributed by atoms with Gasteiger partial charge in [0.15, 0.2) is 6.10 Å². The summed E-state index contributed by atoms with van der Waals surface area (Å²) >= 11 is 0. The lowest BCUT2D eigenvalue weighted by molar-refractivity contribution is -0.161. The molecule has 0 heterocycles. The molecular formula is C46H78O13P2. The number of aliphatic hydroxyl groups excluding tert-OH is 1. The molecule has 0 saturated heterocycles. The number of unbranched alkanes of at least 4 members (excludes halogenated alkanes) is 11. The molecule has 0 bridgehead atoms. The smallest absolute Gasteiger partial charge is 0.462 e. The highest BCUT2D eigenvalue weighted by molar-refractivity contribution is 7.47. The van der Waals surface area contributed by atoms with Gasteiger partial charge in [0.2, 0.25) is 0 Å². The Balaban J connectivity index is 4.66. The zero-order valence-electron chi connectivity index (χ0n) is 37.0. The summed E-state index contributed by atoms with van der Waals surface area (Å²) in [6, 6.07) is 0. The van der Waals surface area contributed by atoms with E-state index in [9.17, 15) is 28.7 Å². The Morgan fingerprint density at radius 2 is 0.934 bits per heavy atom. The largest absolute Gasteiger partial charge is 0.472 e. The molecule has 0 aliphatic carbocycles. The summed E-state index contributed by atoms with van der Waals surface area (Å²) in [4.78, 5) is 52.7. The van der Waals surface area contributed by atoms with E-state index in [1.54, 1.807) is 0 Å². The molecule has 0 aliphatic heterocycles. The Morgan fingerprint density at radius 3 is 1.46 bits per heavy atom. The second-order valence-electron chi connectivity index (χ2n) is 14.6. The fourth-order valence-electron chi connectivity index (χ4n) is 5.43. The summed E-state index contributed by atoms with van der Waals surface area (Å²) in [5.74, 6) is -1.15. The summed E-state index contributed by atoms with van der Waals surface area (Å²) in [5.41, 5.74) is 0. The third kappa shape index (κ3) is 45.1. The van der Waals surface area contributed by atoms with Crippen LogP contribution in [0.15, 0.2) is 85.1 Å². The number of ether oxygens (including phenoxy) is 2. The maximum absolute atomic E-state index is 12.6. The first-order valence-corrected chi connectivity index (χ1v) is 25.3. The number of esters is 2. The van der Waals surface area contributed by atoms with Crippen molar-refractivity contribution < 1.29 is 61.6 Å². The second kappa shape index (κ2) is 41.3. The highest BCUT2D eigenvalue weighted by Crippen LogP contribution is 2.43. The van der Waals surface area contributed by atoms with Crippen molar-refractivity contribution in [3.8, 4) is 0 Å². The van der Waals surface area contributed by atoms with Gasteiger partial charge in [-0.1, -0.05) is 150 Å². The Morgan fingerprint density at radius 1 is 0.492 bits per heavy atom. The number of phosphoric acid groups is 2. The number of hydrogen-bond acceptors (Lipinski definition) is 10. The molecule has 3 atom stereocenters. The van der Waals surface area contributed by atoms with E-state index in [2.05, 4.69) is 89.7 Å². The maximum Gasteiger partial charge on any atom is 0.472 e. The van der Waals surface area contributed by atoms with Crippen LogP contribution < -0.4 is 0 Å². The van der Waals surface area contributed by atoms with Crippen molar-refractivity contribution in [2.45, 2.75) is 167 Å². The molecule has 0 aromatic carbocycles. The summed E-state index contributed by atoms with van der Waals surface area (Å²) in [5, 5.41) is 9.75. The predicted molar refractivity (Wildman–Crippen MR) is 243 cm³/mol. The molecule has 0 radical (unpaired) electrons. The molecule has 0 spiro atoms. The minimum atomic E-state index is -4.87. The normalized spacial score (nSPS) is 14.8. The molecule has 0 saturated carbocycles. The maximum atomic E-state index is 12.6. The van der Waals surface area contributed by atoms with Crippen LogP contribution in [0.25, 0.3) is 0 Å². The van der Waals surface area contributed by atoms with Gasteiger partial charge in [-0.25, -0.2) is 9.13 Å². The van der Waals surface area contributed by atoms with Crippen LogP contribution in [0.2, 0.25) is 0 Å². The van der Waals surface area contributed by atoms with Crippen molar-refractivity contribution in [2.75, 3.05) is 26.4 Å². The molecule has 13 nitrogen and oxygen atoms in total. The molecule has 0 aromatic rings. The van der Waals surface area contributed by atoms with Crippen molar-refractivity contribution >= 4 is 27.6 Å². The van der Waals surface area contributed by atoms with Crippen molar-refractivity contribution in [3.05, 3.63) is 85.1 Å². The summed E-state index contributed by atoms with van der Waals surface area (Å²) in [6.07, 6.45) is 47.3. The van der Waals surface area contributed by atoms with Gasteiger partial charge in [0, 0.05) is 12.8 Å². The SMILES string of the molecule is CCC=CCC=CCC=CCC=CCC=CCC=CCCC(=O)OC(COC(=O)CCCCCCCC=CCCCCCCCC)COP(=O)(O)OCC(O)COP(=O)(O)O. The van der Waals surface area contributed by atoms with Gasteiger partial charge in [0.1, 0.15) is 12.7 Å². The van der Waals surface area contributed by atoms with Gasteiger partial charge in [-0.3, -0.25) is 23.2 Å². The van der Waals surface area contributed by atoms with Gasteiger partial charge in [0.25, 0.3) is 0 Å². The van der Waals surface area contributed by atoms with Gasteiger partial charge in [-0.15, -0.1) is 0 Å². The number of carbonyl (C=O) groups excluding carboxylic acids is 2. The standard InChI is InChI=1S/C46H78O13P2/c1-3-5-7-9-11-13-15-17-19-20-21-22-24-26-28-30-32-34-36-38-46(49)59-44(42-58-61(53,54)57-40-43(47)39-56-60(50,51)52)41-55-45(48)37-35-33-31-29-27-25-23-18-16-14-12-10-8-6-4-2/h5,7,11,13,17-19,21-23,26,28,32,34,43-44,47H,3-4,6,8-10,12,14-16,20,24-25,27,29-31,33,35-42H2,1-2H3,(H,53,54)(H2,50,51,52). The zero-order valence-corrected chi connectivity index (χ0v) is 38.8. The van der Waals surface area contributed by atoms with E-state index in [0.717, 1.165) is 70.6 Å². The molecule has 4 N–H and O–H groups in total. The van der Waals surface area contributed by atoms with E-state index >= 15 is 0 Å². The molecule has 350 valence electrons. The highest BCUT2D eigenvalue weighted by Gasteiger charge is 2.28. The molecule has 0 amide bonds. The Hall–Kier alpha value is -2.70. The van der Waals surface area contributed by atoms with E-state index in [-0.39, 0.29) is 12.8 Å². The van der Waals surface area contributed by atoms with Crippen LogP contribution in [0.3, 0.4) is 0 Å². The molecule has 0 aromatic heterocycles. The lowest BCUT2D eigenvalue weighted by Crippen LogP contribution is -2.29. The molecule has 15 heteroatoms. The Kier molecular flexibility index (Phi) is 39.5. The van der Waals surface area contributed by atoms with Gasteiger partial charge in [-0.05, 0) is 77.0 Å². The number of carbonyl (C=O) groups is 2. The molecule has 3 unspecified atom stereocenters. The third-order valence-corrected chi connectivity index (χ3v) is 10.2. The first-order chi connectivity index (χ1) is 29.4. The van der Waals surface area contributed by atoms with Crippen LogP contribution in [0.5, 0.6) is 0 Å². The second-order valence-corrected chi connectivity index (χ2v) is 17.3. The Labute approximate surface area is 367 Å². The molecule has 0 rings (SSSR count). The van der Waals surface area contributed by atoms with Crippen LogP contribution in [0.4, 0.5) is 0 Å². The number of rotatable bonds is 41.